The molecular formula is C9H10BrFO2. The Labute approximate surface area is 84.5 Å². The van der Waals surface area contributed by atoms with Gasteiger partial charge in [-0.1, -0.05) is 15.9 Å². The summed E-state index contributed by atoms with van der Waals surface area (Å²) in [7, 11) is 1.44. The number of aliphatic hydroxyl groups excluding tert-OH is 1. The highest BCUT2D eigenvalue weighted by atomic mass is 79.9. The van der Waals surface area contributed by atoms with E-state index in [2.05, 4.69) is 15.9 Å². The number of hydrogen-bond donors (Lipinski definition) is 1. The third kappa shape index (κ3) is 2.19. The summed E-state index contributed by atoms with van der Waals surface area (Å²) in [4.78, 5) is 0. The highest BCUT2D eigenvalue weighted by Gasteiger charge is 2.15. The molecule has 72 valence electrons. The van der Waals surface area contributed by atoms with Crippen molar-refractivity contribution in [2.45, 2.75) is 13.0 Å². The van der Waals surface area contributed by atoms with Gasteiger partial charge in [-0.05, 0) is 19.1 Å². The fraction of sp³-hybridized carbons (Fsp3) is 0.333. The van der Waals surface area contributed by atoms with Crippen LogP contribution in [-0.4, -0.2) is 12.2 Å². The Hall–Kier alpha value is -0.610. The number of rotatable bonds is 2. The third-order valence-electron chi connectivity index (χ3n) is 1.69. The quantitative estimate of drug-likeness (QED) is 0.873. The van der Waals surface area contributed by atoms with Crippen LogP contribution in [0.1, 0.15) is 18.6 Å². The molecule has 13 heavy (non-hydrogen) atoms. The van der Waals surface area contributed by atoms with E-state index >= 15 is 0 Å². The Morgan fingerprint density at radius 1 is 1.54 bits per heavy atom. The van der Waals surface area contributed by atoms with Gasteiger partial charge in [-0.25, -0.2) is 4.39 Å². The van der Waals surface area contributed by atoms with E-state index in [-0.39, 0.29) is 5.56 Å². The molecule has 4 heteroatoms. The first-order valence-electron chi connectivity index (χ1n) is 3.77. The fourth-order valence-corrected chi connectivity index (χ4v) is 1.54. The molecule has 0 aliphatic heterocycles. The van der Waals surface area contributed by atoms with E-state index in [4.69, 9.17) is 4.74 Å². The first-order valence-corrected chi connectivity index (χ1v) is 4.56. The van der Waals surface area contributed by atoms with Gasteiger partial charge in [0.1, 0.15) is 11.6 Å². The topological polar surface area (TPSA) is 29.5 Å². The maximum atomic E-state index is 13.3. The molecule has 2 nitrogen and oxygen atoms in total. The maximum Gasteiger partial charge on any atom is 0.133 e. The van der Waals surface area contributed by atoms with Crippen molar-refractivity contribution in [1.29, 1.82) is 0 Å². The van der Waals surface area contributed by atoms with Crippen molar-refractivity contribution < 1.29 is 14.2 Å². The van der Waals surface area contributed by atoms with Crippen LogP contribution < -0.4 is 4.74 Å². The lowest BCUT2D eigenvalue weighted by molar-refractivity contribution is 0.188. The van der Waals surface area contributed by atoms with Crippen LogP contribution in [0.5, 0.6) is 5.75 Å². The summed E-state index contributed by atoms with van der Waals surface area (Å²) in [6, 6.07) is 2.91. The molecule has 0 aliphatic carbocycles. The molecule has 1 aromatic carbocycles. The molecule has 0 radical (unpaired) electrons. The number of aliphatic hydroxyl groups is 1. The van der Waals surface area contributed by atoms with Crippen LogP contribution in [0, 0.1) is 5.82 Å². The van der Waals surface area contributed by atoms with E-state index in [1.807, 2.05) is 0 Å². The zero-order valence-corrected chi connectivity index (χ0v) is 8.93. The molecule has 1 atom stereocenters. The van der Waals surface area contributed by atoms with E-state index in [0.29, 0.717) is 10.2 Å². The van der Waals surface area contributed by atoms with Gasteiger partial charge in [0.05, 0.1) is 18.8 Å². The molecule has 0 amide bonds. The van der Waals surface area contributed by atoms with Gasteiger partial charge in [0.2, 0.25) is 0 Å². The number of methoxy groups -OCH3 is 1. The second-order valence-electron chi connectivity index (χ2n) is 2.68. The normalized spacial score (nSPS) is 12.7. The number of halogens is 2. The lowest BCUT2D eigenvalue weighted by Crippen LogP contribution is -2.00. The van der Waals surface area contributed by atoms with Gasteiger partial charge in [-0.15, -0.1) is 0 Å². The summed E-state index contributed by atoms with van der Waals surface area (Å²) in [6.07, 6.45) is -0.872. The molecule has 1 aromatic rings. The highest BCUT2D eigenvalue weighted by Crippen LogP contribution is 2.31. The minimum atomic E-state index is -0.872. The summed E-state index contributed by atoms with van der Waals surface area (Å²) in [5.41, 5.74) is 0.186. The average Bonchev–Trinajstić information content (AvgIpc) is 2.01. The largest absolute Gasteiger partial charge is 0.496 e. The van der Waals surface area contributed by atoms with Crippen LogP contribution in [0.25, 0.3) is 0 Å². The second kappa shape index (κ2) is 4.07. The summed E-state index contributed by atoms with van der Waals surface area (Å²) in [6.45, 7) is 1.49. The molecule has 0 unspecified atom stereocenters. The molecular weight excluding hydrogens is 239 g/mol. The van der Waals surface area contributed by atoms with Gasteiger partial charge >= 0.3 is 0 Å². The van der Waals surface area contributed by atoms with Crippen LogP contribution >= 0.6 is 15.9 Å². The predicted octanol–water partition coefficient (Wildman–Crippen LogP) is 2.65. The van der Waals surface area contributed by atoms with Gasteiger partial charge in [-0.3, -0.25) is 0 Å². The molecule has 0 saturated carbocycles. The molecule has 0 aliphatic rings. The third-order valence-corrected chi connectivity index (χ3v) is 2.15. The molecule has 1 N–H and O–H groups in total. The molecule has 0 spiro atoms. The fourth-order valence-electron chi connectivity index (χ4n) is 1.14. The summed E-state index contributed by atoms with van der Waals surface area (Å²) in [5.74, 6) is -0.122. The summed E-state index contributed by atoms with van der Waals surface area (Å²) >= 11 is 3.14. The average molecular weight is 249 g/mol. The minimum Gasteiger partial charge on any atom is -0.496 e. The summed E-state index contributed by atoms with van der Waals surface area (Å²) < 4.78 is 18.8. The van der Waals surface area contributed by atoms with E-state index < -0.39 is 11.9 Å². The zero-order chi connectivity index (χ0) is 10.0. The Balaban J connectivity index is 3.30. The van der Waals surface area contributed by atoms with Crippen LogP contribution in [0.2, 0.25) is 0 Å². The van der Waals surface area contributed by atoms with Gasteiger partial charge in [-0.2, -0.15) is 0 Å². The molecule has 0 saturated heterocycles. The van der Waals surface area contributed by atoms with E-state index in [1.54, 1.807) is 6.07 Å². The van der Waals surface area contributed by atoms with Crippen molar-refractivity contribution >= 4 is 15.9 Å². The van der Waals surface area contributed by atoms with Crippen LogP contribution in [0.3, 0.4) is 0 Å². The Bertz CT molecular complexity index is 313. The highest BCUT2D eigenvalue weighted by molar-refractivity contribution is 9.10. The van der Waals surface area contributed by atoms with E-state index in [9.17, 15) is 9.50 Å². The van der Waals surface area contributed by atoms with Crippen molar-refractivity contribution in [1.82, 2.24) is 0 Å². The molecule has 0 heterocycles. The number of hydrogen-bond acceptors (Lipinski definition) is 2. The standard InChI is InChI=1S/C9H10BrFO2/c1-5(12)9-7(11)3-6(10)4-8(9)13-2/h3-5,12H,1-2H3/t5-/m1/s1. The number of ether oxygens (including phenoxy) is 1. The van der Waals surface area contributed by atoms with Crippen LogP contribution in [-0.2, 0) is 0 Å². The van der Waals surface area contributed by atoms with Crippen molar-refractivity contribution in [3.8, 4) is 5.75 Å². The maximum absolute atomic E-state index is 13.3. The van der Waals surface area contributed by atoms with Gasteiger partial charge < -0.3 is 9.84 Å². The minimum absolute atomic E-state index is 0.186. The lowest BCUT2D eigenvalue weighted by atomic mass is 10.1. The van der Waals surface area contributed by atoms with Crippen LogP contribution in [0.15, 0.2) is 16.6 Å². The lowest BCUT2D eigenvalue weighted by Gasteiger charge is -2.12. The smallest absolute Gasteiger partial charge is 0.133 e. The SMILES string of the molecule is COc1cc(Br)cc(F)c1[C@@H](C)O. The molecule has 0 bridgehead atoms. The molecule has 0 fully saturated rings. The molecule has 0 aromatic heterocycles. The predicted molar refractivity (Wildman–Crippen MR) is 51.3 cm³/mol. The first kappa shape index (κ1) is 10.5. The summed E-state index contributed by atoms with van der Waals surface area (Å²) in [5, 5.41) is 9.27. The van der Waals surface area contributed by atoms with Gasteiger partial charge in [0.25, 0.3) is 0 Å². The Morgan fingerprint density at radius 3 is 2.62 bits per heavy atom. The van der Waals surface area contributed by atoms with E-state index in [1.165, 1.54) is 20.1 Å². The zero-order valence-electron chi connectivity index (χ0n) is 7.34. The van der Waals surface area contributed by atoms with Crippen molar-refractivity contribution in [2.75, 3.05) is 7.11 Å². The first-order chi connectivity index (χ1) is 6.06. The van der Waals surface area contributed by atoms with Gasteiger partial charge in [0, 0.05) is 4.47 Å². The monoisotopic (exact) mass is 248 g/mol. The Morgan fingerprint density at radius 2 is 2.15 bits per heavy atom. The number of benzene rings is 1. The Kier molecular flexibility index (Phi) is 3.27. The van der Waals surface area contributed by atoms with E-state index in [0.717, 1.165) is 0 Å². The second-order valence-corrected chi connectivity index (χ2v) is 3.60. The molecule has 1 rings (SSSR count). The van der Waals surface area contributed by atoms with Crippen molar-refractivity contribution in [2.24, 2.45) is 0 Å². The van der Waals surface area contributed by atoms with Gasteiger partial charge in [0.15, 0.2) is 0 Å². The van der Waals surface area contributed by atoms with Crippen LogP contribution in [0.4, 0.5) is 4.39 Å². The van der Waals surface area contributed by atoms with Crippen molar-refractivity contribution in [3.63, 3.8) is 0 Å². The van der Waals surface area contributed by atoms with Crippen molar-refractivity contribution in [3.05, 3.63) is 28.0 Å².